The number of morpholine rings is 1. The van der Waals surface area contributed by atoms with Crippen LogP contribution in [0.15, 0.2) is 45.9 Å². The molecule has 1 aliphatic rings. The van der Waals surface area contributed by atoms with Gasteiger partial charge in [-0.25, -0.2) is 13.4 Å². The Morgan fingerprint density at radius 3 is 2.50 bits per heavy atom. The summed E-state index contributed by atoms with van der Waals surface area (Å²) in [7, 11) is -3.73. The quantitative estimate of drug-likeness (QED) is 0.752. The van der Waals surface area contributed by atoms with Crippen molar-refractivity contribution < 1.29 is 13.2 Å². The fourth-order valence-electron chi connectivity index (χ4n) is 2.33. The average molecular weight is 433 g/mol. The van der Waals surface area contributed by atoms with E-state index in [9.17, 15) is 8.42 Å². The van der Waals surface area contributed by atoms with Gasteiger partial charge in [-0.3, -0.25) is 4.72 Å². The molecule has 1 N–H and O–H groups in total. The van der Waals surface area contributed by atoms with E-state index in [4.69, 9.17) is 16.3 Å². The van der Waals surface area contributed by atoms with Crippen molar-refractivity contribution in [2.75, 3.05) is 35.9 Å². The van der Waals surface area contributed by atoms with Gasteiger partial charge in [-0.1, -0.05) is 11.6 Å². The Morgan fingerprint density at radius 1 is 1.21 bits per heavy atom. The summed E-state index contributed by atoms with van der Waals surface area (Å²) >= 11 is 8.97. The number of halogens is 2. The zero-order chi connectivity index (χ0) is 17.2. The maximum absolute atomic E-state index is 12.4. The van der Waals surface area contributed by atoms with Gasteiger partial charge in [0.15, 0.2) is 0 Å². The number of aromatic nitrogens is 1. The number of rotatable bonds is 4. The van der Waals surface area contributed by atoms with Crippen LogP contribution in [-0.2, 0) is 14.8 Å². The van der Waals surface area contributed by atoms with Gasteiger partial charge < -0.3 is 9.64 Å². The Bertz CT molecular complexity index is 824. The van der Waals surface area contributed by atoms with Crippen molar-refractivity contribution in [3.8, 4) is 0 Å². The van der Waals surface area contributed by atoms with Gasteiger partial charge in [0.25, 0.3) is 10.0 Å². The summed E-state index contributed by atoms with van der Waals surface area (Å²) in [4.78, 5) is 6.08. The third kappa shape index (κ3) is 4.00. The molecule has 1 aliphatic heterocycles. The number of hydrogen-bond acceptors (Lipinski definition) is 5. The monoisotopic (exact) mass is 431 g/mol. The van der Waals surface area contributed by atoms with Crippen molar-refractivity contribution in [1.82, 2.24) is 4.98 Å². The standard InChI is InChI=1S/C15H15BrClN3O3S/c16-14-9-13(10-18-15(14)17)24(21,22)19-11-1-3-12(4-2-11)20-5-7-23-8-6-20/h1-4,9-10,19H,5-8H2. The molecule has 3 rings (SSSR count). The predicted octanol–water partition coefficient (Wildman–Crippen LogP) is 3.13. The first-order valence-electron chi connectivity index (χ1n) is 7.22. The smallest absolute Gasteiger partial charge is 0.263 e. The number of ether oxygens (including phenoxy) is 1. The second kappa shape index (κ2) is 7.26. The van der Waals surface area contributed by atoms with Crippen LogP contribution < -0.4 is 9.62 Å². The summed E-state index contributed by atoms with van der Waals surface area (Å²) in [5.41, 5.74) is 1.52. The number of hydrogen-bond donors (Lipinski definition) is 1. The number of anilines is 2. The largest absolute Gasteiger partial charge is 0.378 e. The van der Waals surface area contributed by atoms with Crippen LogP contribution in [0.1, 0.15) is 0 Å². The third-order valence-electron chi connectivity index (χ3n) is 3.58. The van der Waals surface area contributed by atoms with E-state index >= 15 is 0 Å². The molecule has 1 aromatic heterocycles. The van der Waals surface area contributed by atoms with E-state index in [0.29, 0.717) is 23.4 Å². The van der Waals surface area contributed by atoms with E-state index in [1.165, 1.54) is 12.3 Å². The van der Waals surface area contributed by atoms with Crippen LogP contribution in [0.4, 0.5) is 11.4 Å². The van der Waals surface area contributed by atoms with Crippen LogP contribution in [0.2, 0.25) is 5.15 Å². The molecule has 0 unspecified atom stereocenters. The molecule has 0 bridgehead atoms. The minimum absolute atomic E-state index is 0.0380. The first kappa shape index (κ1) is 17.5. The maximum Gasteiger partial charge on any atom is 0.263 e. The molecule has 0 atom stereocenters. The number of pyridine rings is 1. The molecule has 2 heterocycles. The van der Waals surface area contributed by atoms with Gasteiger partial charge in [-0.15, -0.1) is 0 Å². The van der Waals surface area contributed by atoms with Crippen LogP contribution in [0.3, 0.4) is 0 Å². The summed E-state index contributed by atoms with van der Waals surface area (Å²) in [6, 6.07) is 8.67. The van der Waals surface area contributed by atoms with Gasteiger partial charge in [0.1, 0.15) is 10.0 Å². The zero-order valence-corrected chi connectivity index (χ0v) is 15.7. The first-order valence-corrected chi connectivity index (χ1v) is 9.88. The molecule has 6 nitrogen and oxygen atoms in total. The van der Waals surface area contributed by atoms with Crippen LogP contribution in [0.5, 0.6) is 0 Å². The molecular formula is C15H15BrClN3O3S. The summed E-state index contributed by atoms with van der Waals surface area (Å²) in [6.45, 7) is 3.06. The van der Waals surface area contributed by atoms with Crippen molar-refractivity contribution >= 4 is 48.9 Å². The molecule has 2 aromatic rings. The zero-order valence-electron chi connectivity index (χ0n) is 12.6. The van der Waals surface area contributed by atoms with E-state index in [2.05, 4.69) is 30.5 Å². The van der Waals surface area contributed by atoms with Gasteiger partial charge in [-0.2, -0.15) is 0 Å². The molecule has 24 heavy (non-hydrogen) atoms. The minimum Gasteiger partial charge on any atom is -0.378 e. The molecule has 128 valence electrons. The van der Waals surface area contributed by atoms with Gasteiger partial charge >= 0.3 is 0 Å². The highest BCUT2D eigenvalue weighted by Crippen LogP contribution is 2.25. The van der Waals surface area contributed by atoms with E-state index in [-0.39, 0.29) is 10.0 Å². The number of nitrogens with zero attached hydrogens (tertiary/aromatic N) is 2. The maximum atomic E-state index is 12.4. The molecule has 1 saturated heterocycles. The van der Waals surface area contributed by atoms with Crippen LogP contribution in [0.25, 0.3) is 0 Å². The van der Waals surface area contributed by atoms with Crippen molar-refractivity contribution in [2.45, 2.75) is 4.90 Å². The second-order valence-electron chi connectivity index (χ2n) is 5.20. The Balaban J connectivity index is 1.76. The van der Waals surface area contributed by atoms with Crippen molar-refractivity contribution in [2.24, 2.45) is 0 Å². The Hall–Kier alpha value is -1.35. The Morgan fingerprint density at radius 2 is 1.88 bits per heavy atom. The van der Waals surface area contributed by atoms with Crippen LogP contribution in [0, 0.1) is 0 Å². The molecule has 0 aliphatic carbocycles. The first-order chi connectivity index (χ1) is 11.5. The van der Waals surface area contributed by atoms with Gasteiger partial charge in [0.2, 0.25) is 0 Å². The lowest BCUT2D eigenvalue weighted by atomic mass is 10.2. The number of sulfonamides is 1. The van der Waals surface area contributed by atoms with Crippen LogP contribution >= 0.6 is 27.5 Å². The van der Waals surface area contributed by atoms with Crippen molar-refractivity contribution in [3.05, 3.63) is 46.2 Å². The van der Waals surface area contributed by atoms with Crippen LogP contribution in [-0.4, -0.2) is 39.7 Å². The topological polar surface area (TPSA) is 71.5 Å². The normalized spacial score (nSPS) is 15.3. The molecule has 0 radical (unpaired) electrons. The SMILES string of the molecule is O=S(=O)(Nc1ccc(N2CCOCC2)cc1)c1cnc(Cl)c(Br)c1. The molecule has 0 amide bonds. The highest BCUT2D eigenvalue weighted by Gasteiger charge is 2.17. The molecule has 0 spiro atoms. The summed E-state index contributed by atoms with van der Waals surface area (Å²) in [6.07, 6.45) is 1.22. The molecule has 1 aromatic carbocycles. The lowest BCUT2D eigenvalue weighted by Gasteiger charge is -2.28. The second-order valence-corrected chi connectivity index (χ2v) is 8.09. The lowest BCUT2D eigenvalue weighted by Crippen LogP contribution is -2.36. The highest BCUT2D eigenvalue weighted by atomic mass is 79.9. The Kier molecular flexibility index (Phi) is 5.29. The van der Waals surface area contributed by atoms with Crippen molar-refractivity contribution in [3.63, 3.8) is 0 Å². The van der Waals surface area contributed by atoms with E-state index in [1.54, 1.807) is 12.1 Å². The van der Waals surface area contributed by atoms with Crippen molar-refractivity contribution in [1.29, 1.82) is 0 Å². The molecule has 0 saturated carbocycles. The highest BCUT2D eigenvalue weighted by molar-refractivity contribution is 9.10. The predicted molar refractivity (Wildman–Crippen MR) is 97.2 cm³/mol. The van der Waals surface area contributed by atoms with Gasteiger partial charge in [-0.05, 0) is 46.3 Å². The fourth-order valence-corrected chi connectivity index (χ4v) is 3.96. The molecule has 1 fully saturated rings. The van der Waals surface area contributed by atoms with Gasteiger partial charge in [0, 0.05) is 30.7 Å². The lowest BCUT2D eigenvalue weighted by molar-refractivity contribution is 0.122. The van der Waals surface area contributed by atoms with E-state index in [1.807, 2.05) is 12.1 Å². The van der Waals surface area contributed by atoms with E-state index < -0.39 is 10.0 Å². The fraction of sp³-hybridized carbons (Fsp3) is 0.267. The average Bonchev–Trinajstić information content (AvgIpc) is 2.58. The summed E-state index contributed by atoms with van der Waals surface area (Å²) < 4.78 is 33.1. The number of nitrogens with one attached hydrogen (secondary N) is 1. The third-order valence-corrected chi connectivity index (χ3v) is 6.06. The number of benzene rings is 1. The minimum atomic E-state index is -3.73. The van der Waals surface area contributed by atoms with Gasteiger partial charge in [0.05, 0.1) is 17.7 Å². The molecular weight excluding hydrogens is 418 g/mol. The Labute approximate surface area is 154 Å². The molecule has 9 heteroatoms. The summed E-state index contributed by atoms with van der Waals surface area (Å²) in [5.74, 6) is 0. The van der Waals surface area contributed by atoms with E-state index in [0.717, 1.165) is 18.8 Å². The summed E-state index contributed by atoms with van der Waals surface area (Å²) in [5, 5.41) is 0.212.